The molecule has 0 heterocycles. The van der Waals surface area contributed by atoms with Gasteiger partial charge in [0, 0.05) is 12.6 Å². The first-order valence-corrected chi connectivity index (χ1v) is 6.63. The third-order valence-electron chi connectivity index (χ3n) is 2.45. The number of rotatable bonds is 5. The first-order chi connectivity index (χ1) is 6.45. The van der Waals surface area contributed by atoms with Crippen LogP contribution < -0.4 is 4.72 Å². The van der Waals surface area contributed by atoms with Gasteiger partial charge in [-0.2, -0.15) is 0 Å². The molecule has 84 valence electrons. The molecule has 4 nitrogen and oxygen atoms in total. The molecule has 0 saturated heterocycles. The van der Waals surface area contributed by atoms with Crippen molar-refractivity contribution in [3.63, 3.8) is 0 Å². The van der Waals surface area contributed by atoms with Gasteiger partial charge in [0.05, 0.1) is 11.4 Å². The fourth-order valence-electron chi connectivity index (χ4n) is 1.40. The molecule has 5 heteroatoms. The molecule has 0 aromatic carbocycles. The SMILES string of the molecule is CCOC1CC(NS(=O)(=O)C(C)C)C1. The minimum atomic E-state index is -3.10. The monoisotopic (exact) mass is 221 g/mol. The summed E-state index contributed by atoms with van der Waals surface area (Å²) >= 11 is 0. The van der Waals surface area contributed by atoms with Gasteiger partial charge in [-0.3, -0.25) is 0 Å². The van der Waals surface area contributed by atoms with Crippen molar-refractivity contribution < 1.29 is 13.2 Å². The van der Waals surface area contributed by atoms with Crippen molar-refractivity contribution in [2.45, 2.75) is 51.0 Å². The van der Waals surface area contributed by atoms with E-state index in [1.54, 1.807) is 13.8 Å². The molecule has 1 saturated carbocycles. The Morgan fingerprint density at radius 3 is 2.43 bits per heavy atom. The molecule has 0 aromatic heterocycles. The molecule has 0 unspecified atom stereocenters. The topological polar surface area (TPSA) is 55.4 Å². The van der Waals surface area contributed by atoms with Crippen LogP contribution >= 0.6 is 0 Å². The molecule has 1 rings (SSSR count). The lowest BCUT2D eigenvalue weighted by atomic mass is 9.90. The molecular formula is C9H19NO3S. The lowest BCUT2D eigenvalue weighted by Crippen LogP contribution is -2.49. The maximum absolute atomic E-state index is 11.4. The highest BCUT2D eigenvalue weighted by Crippen LogP contribution is 2.24. The largest absolute Gasteiger partial charge is 0.378 e. The van der Waals surface area contributed by atoms with Crippen LogP contribution in [0.3, 0.4) is 0 Å². The van der Waals surface area contributed by atoms with Crippen molar-refractivity contribution in [2.24, 2.45) is 0 Å². The van der Waals surface area contributed by atoms with Gasteiger partial charge in [-0.05, 0) is 33.6 Å². The Morgan fingerprint density at radius 1 is 1.43 bits per heavy atom. The van der Waals surface area contributed by atoms with Gasteiger partial charge in [-0.25, -0.2) is 13.1 Å². The Balaban J connectivity index is 2.29. The molecule has 1 fully saturated rings. The maximum atomic E-state index is 11.4. The van der Waals surface area contributed by atoms with Crippen LogP contribution in [0, 0.1) is 0 Å². The van der Waals surface area contributed by atoms with E-state index >= 15 is 0 Å². The second-order valence-corrected chi connectivity index (χ2v) is 6.23. The van der Waals surface area contributed by atoms with Crippen molar-refractivity contribution in [2.75, 3.05) is 6.61 Å². The van der Waals surface area contributed by atoms with Crippen LogP contribution in [0.2, 0.25) is 0 Å². The van der Waals surface area contributed by atoms with Gasteiger partial charge in [-0.1, -0.05) is 0 Å². The van der Waals surface area contributed by atoms with Crippen LogP contribution in [0.5, 0.6) is 0 Å². The number of ether oxygens (including phenoxy) is 1. The maximum Gasteiger partial charge on any atom is 0.214 e. The van der Waals surface area contributed by atoms with Gasteiger partial charge in [0.15, 0.2) is 0 Å². The van der Waals surface area contributed by atoms with Crippen molar-refractivity contribution in [1.29, 1.82) is 0 Å². The number of hydrogen-bond donors (Lipinski definition) is 1. The van der Waals surface area contributed by atoms with Gasteiger partial charge in [0.25, 0.3) is 0 Å². The Labute approximate surface area is 86.1 Å². The fourth-order valence-corrected chi connectivity index (χ4v) is 2.33. The Morgan fingerprint density at radius 2 is 2.00 bits per heavy atom. The second kappa shape index (κ2) is 4.59. The molecule has 0 aliphatic heterocycles. The van der Waals surface area contributed by atoms with Crippen LogP contribution in [-0.2, 0) is 14.8 Å². The predicted octanol–water partition coefficient (Wildman–Crippen LogP) is 0.882. The van der Waals surface area contributed by atoms with Crippen LogP contribution in [0.25, 0.3) is 0 Å². The average molecular weight is 221 g/mol. The van der Waals surface area contributed by atoms with Gasteiger partial charge >= 0.3 is 0 Å². The first kappa shape index (κ1) is 11.9. The lowest BCUT2D eigenvalue weighted by Gasteiger charge is -2.35. The highest BCUT2D eigenvalue weighted by Gasteiger charge is 2.33. The van der Waals surface area contributed by atoms with Gasteiger partial charge < -0.3 is 4.74 Å². The molecule has 0 radical (unpaired) electrons. The van der Waals surface area contributed by atoms with Gasteiger partial charge in [-0.15, -0.1) is 0 Å². The molecule has 0 bridgehead atoms. The summed E-state index contributed by atoms with van der Waals surface area (Å²) in [5.41, 5.74) is 0. The first-order valence-electron chi connectivity index (χ1n) is 5.08. The van der Waals surface area contributed by atoms with E-state index in [0.29, 0.717) is 6.61 Å². The highest BCUT2D eigenvalue weighted by atomic mass is 32.2. The summed E-state index contributed by atoms with van der Waals surface area (Å²) in [5, 5.41) is -0.353. The lowest BCUT2D eigenvalue weighted by molar-refractivity contribution is -0.00479. The summed E-state index contributed by atoms with van der Waals surface area (Å²) in [5.74, 6) is 0. The van der Waals surface area contributed by atoms with Gasteiger partial charge in [0.2, 0.25) is 10.0 Å². The van der Waals surface area contributed by atoms with Crippen LogP contribution in [-0.4, -0.2) is 32.4 Å². The van der Waals surface area contributed by atoms with E-state index in [9.17, 15) is 8.42 Å². The van der Waals surface area contributed by atoms with E-state index in [2.05, 4.69) is 4.72 Å². The quantitative estimate of drug-likeness (QED) is 0.750. The number of hydrogen-bond acceptors (Lipinski definition) is 3. The summed E-state index contributed by atoms with van der Waals surface area (Å²) in [7, 11) is -3.10. The van der Waals surface area contributed by atoms with Crippen LogP contribution in [0.15, 0.2) is 0 Å². The Kier molecular flexibility index (Phi) is 3.92. The smallest absolute Gasteiger partial charge is 0.214 e. The van der Waals surface area contributed by atoms with Crippen LogP contribution in [0.1, 0.15) is 33.6 Å². The summed E-state index contributed by atoms with van der Waals surface area (Å²) in [6, 6.07) is 0.0824. The summed E-state index contributed by atoms with van der Waals surface area (Å²) in [6.45, 7) is 6.02. The zero-order valence-corrected chi connectivity index (χ0v) is 9.80. The number of nitrogens with one attached hydrogen (secondary N) is 1. The van der Waals surface area contributed by atoms with Crippen LogP contribution in [0.4, 0.5) is 0 Å². The van der Waals surface area contributed by atoms with Gasteiger partial charge in [0.1, 0.15) is 0 Å². The van der Waals surface area contributed by atoms with Crippen molar-refractivity contribution in [3.8, 4) is 0 Å². The minimum Gasteiger partial charge on any atom is -0.378 e. The zero-order valence-electron chi connectivity index (χ0n) is 8.99. The molecule has 0 aromatic rings. The van der Waals surface area contributed by atoms with E-state index < -0.39 is 10.0 Å². The molecule has 1 aliphatic carbocycles. The van der Waals surface area contributed by atoms with E-state index in [0.717, 1.165) is 12.8 Å². The molecule has 14 heavy (non-hydrogen) atoms. The number of sulfonamides is 1. The normalized spacial score (nSPS) is 27.7. The standard InChI is InChI=1S/C9H19NO3S/c1-4-13-9-5-8(6-9)10-14(11,12)7(2)3/h7-10H,4-6H2,1-3H3. The third kappa shape index (κ3) is 2.93. The Hall–Kier alpha value is -0.130. The Bertz CT molecular complexity index is 268. The van der Waals surface area contributed by atoms with Crippen molar-refractivity contribution in [1.82, 2.24) is 4.72 Å². The highest BCUT2D eigenvalue weighted by molar-refractivity contribution is 7.90. The summed E-state index contributed by atoms with van der Waals surface area (Å²) in [6.07, 6.45) is 1.86. The van der Waals surface area contributed by atoms with E-state index in [1.165, 1.54) is 0 Å². The van der Waals surface area contributed by atoms with E-state index in [1.807, 2.05) is 6.92 Å². The molecular weight excluding hydrogens is 202 g/mol. The van der Waals surface area contributed by atoms with E-state index in [-0.39, 0.29) is 17.4 Å². The summed E-state index contributed by atoms with van der Waals surface area (Å²) < 4.78 is 30.9. The van der Waals surface area contributed by atoms with Crippen molar-refractivity contribution in [3.05, 3.63) is 0 Å². The zero-order chi connectivity index (χ0) is 10.8. The average Bonchev–Trinajstić information content (AvgIpc) is 2.00. The predicted molar refractivity (Wildman–Crippen MR) is 55.6 cm³/mol. The molecule has 0 amide bonds. The molecule has 1 N–H and O–H groups in total. The van der Waals surface area contributed by atoms with E-state index in [4.69, 9.17) is 4.74 Å². The minimum absolute atomic E-state index is 0.0824. The molecule has 0 spiro atoms. The third-order valence-corrected chi connectivity index (χ3v) is 4.35. The molecule has 1 aliphatic rings. The second-order valence-electron chi connectivity index (χ2n) is 3.96. The van der Waals surface area contributed by atoms with Crippen molar-refractivity contribution >= 4 is 10.0 Å². The fraction of sp³-hybridized carbons (Fsp3) is 1.00. The summed E-state index contributed by atoms with van der Waals surface area (Å²) in [4.78, 5) is 0. The molecule has 0 atom stereocenters.